The average Bonchev–Trinajstić information content (AvgIpc) is 3.19. The second kappa shape index (κ2) is 9.55. The van der Waals surface area contributed by atoms with Crippen molar-refractivity contribution in [2.45, 2.75) is 51.9 Å². The predicted octanol–water partition coefficient (Wildman–Crippen LogP) is 2.47. The molecule has 2 aromatic rings. The summed E-state index contributed by atoms with van der Waals surface area (Å²) in [5, 5.41) is 11.4. The summed E-state index contributed by atoms with van der Waals surface area (Å²) in [4.78, 5) is 6.96. The Bertz CT molecular complexity index is 714. The molecule has 1 aromatic heterocycles. The largest absolute Gasteiger partial charge is 0.354 e. The first-order valence-electron chi connectivity index (χ1n) is 9.91. The number of hydrogen-bond acceptors (Lipinski definition) is 3. The topological polar surface area (TPSA) is 57.5 Å². The van der Waals surface area contributed by atoms with Crippen LogP contribution in [0.5, 0.6) is 0 Å². The van der Waals surface area contributed by atoms with Crippen molar-refractivity contribution in [1.29, 1.82) is 0 Å². The Kier molecular flexibility index (Phi) is 6.87. The molecule has 1 aliphatic rings. The summed E-state index contributed by atoms with van der Waals surface area (Å²) in [7, 11) is 1.84. The Morgan fingerprint density at radius 1 is 1.19 bits per heavy atom. The van der Waals surface area contributed by atoms with Crippen LogP contribution >= 0.6 is 0 Å². The molecule has 3 rings (SSSR count). The van der Waals surface area contributed by atoms with Crippen LogP contribution in [0.15, 0.2) is 47.7 Å². The molecule has 1 aliphatic heterocycles. The summed E-state index contributed by atoms with van der Waals surface area (Å²) in [6.07, 6.45) is 6.13. The number of benzene rings is 1. The second-order valence-corrected chi connectivity index (χ2v) is 7.45. The SMILES string of the molecule is CN=C(NCc1ccccc1Cn1cccn1)NC1CCN(C(C)C)CC1. The van der Waals surface area contributed by atoms with Gasteiger partial charge in [0.05, 0.1) is 6.54 Å². The summed E-state index contributed by atoms with van der Waals surface area (Å²) in [5.74, 6) is 0.881. The molecule has 27 heavy (non-hydrogen) atoms. The highest BCUT2D eigenvalue weighted by molar-refractivity contribution is 5.80. The van der Waals surface area contributed by atoms with E-state index in [2.05, 4.69) is 63.7 Å². The van der Waals surface area contributed by atoms with E-state index in [1.807, 2.05) is 30.2 Å². The molecule has 0 radical (unpaired) electrons. The fourth-order valence-electron chi connectivity index (χ4n) is 3.58. The number of piperidine rings is 1. The van der Waals surface area contributed by atoms with E-state index in [-0.39, 0.29) is 0 Å². The molecule has 0 amide bonds. The Balaban J connectivity index is 1.53. The smallest absolute Gasteiger partial charge is 0.191 e. The van der Waals surface area contributed by atoms with Crippen LogP contribution in [0, 0.1) is 0 Å². The molecule has 1 fully saturated rings. The number of aromatic nitrogens is 2. The Morgan fingerprint density at radius 3 is 2.56 bits per heavy atom. The van der Waals surface area contributed by atoms with Gasteiger partial charge in [0.15, 0.2) is 5.96 Å². The standard InChI is InChI=1S/C21H32N6/c1-17(2)26-13-9-20(10-14-26)25-21(22-3)23-15-18-7-4-5-8-19(18)16-27-12-6-11-24-27/h4-8,11-12,17,20H,9-10,13-16H2,1-3H3,(H2,22,23,25). The molecule has 2 N–H and O–H groups in total. The normalized spacial score (nSPS) is 16.7. The predicted molar refractivity (Wildman–Crippen MR) is 111 cm³/mol. The minimum Gasteiger partial charge on any atom is -0.354 e. The van der Waals surface area contributed by atoms with Gasteiger partial charge in [-0.25, -0.2) is 0 Å². The highest BCUT2D eigenvalue weighted by atomic mass is 15.3. The van der Waals surface area contributed by atoms with Crippen molar-refractivity contribution in [1.82, 2.24) is 25.3 Å². The number of rotatable bonds is 6. The zero-order valence-electron chi connectivity index (χ0n) is 16.7. The van der Waals surface area contributed by atoms with Gasteiger partial charge in [-0.1, -0.05) is 24.3 Å². The number of likely N-dealkylation sites (tertiary alicyclic amines) is 1. The van der Waals surface area contributed by atoms with Crippen LogP contribution in [0.2, 0.25) is 0 Å². The lowest BCUT2D eigenvalue weighted by atomic mass is 10.0. The fourth-order valence-corrected chi connectivity index (χ4v) is 3.58. The maximum Gasteiger partial charge on any atom is 0.191 e. The Hall–Kier alpha value is -2.34. The summed E-state index contributed by atoms with van der Waals surface area (Å²) in [6.45, 7) is 8.38. The van der Waals surface area contributed by atoms with E-state index >= 15 is 0 Å². The first-order valence-corrected chi connectivity index (χ1v) is 9.91. The second-order valence-electron chi connectivity index (χ2n) is 7.45. The van der Waals surface area contributed by atoms with E-state index < -0.39 is 0 Å². The van der Waals surface area contributed by atoms with Gasteiger partial charge in [0.25, 0.3) is 0 Å². The van der Waals surface area contributed by atoms with E-state index in [9.17, 15) is 0 Å². The molecule has 0 saturated carbocycles. The molecule has 1 aromatic carbocycles. The lowest BCUT2D eigenvalue weighted by Crippen LogP contribution is -2.49. The molecule has 6 nitrogen and oxygen atoms in total. The third kappa shape index (κ3) is 5.57. The summed E-state index contributed by atoms with van der Waals surface area (Å²) >= 11 is 0. The lowest BCUT2D eigenvalue weighted by Gasteiger charge is -2.35. The molecule has 0 unspecified atom stereocenters. The zero-order valence-corrected chi connectivity index (χ0v) is 16.7. The van der Waals surface area contributed by atoms with Crippen molar-refractivity contribution in [2.24, 2.45) is 4.99 Å². The summed E-state index contributed by atoms with van der Waals surface area (Å²) < 4.78 is 1.95. The Labute approximate surface area is 162 Å². The summed E-state index contributed by atoms with van der Waals surface area (Å²) in [6, 6.07) is 11.6. The quantitative estimate of drug-likeness (QED) is 0.607. The molecule has 0 aliphatic carbocycles. The maximum atomic E-state index is 4.42. The highest BCUT2D eigenvalue weighted by Gasteiger charge is 2.21. The number of guanidine groups is 1. The average molecular weight is 369 g/mol. The minimum atomic E-state index is 0.491. The van der Waals surface area contributed by atoms with Gasteiger partial charge < -0.3 is 15.5 Å². The molecular weight excluding hydrogens is 336 g/mol. The van der Waals surface area contributed by atoms with Gasteiger partial charge in [0.2, 0.25) is 0 Å². The van der Waals surface area contributed by atoms with Crippen LogP contribution in [0.1, 0.15) is 37.8 Å². The van der Waals surface area contributed by atoms with Crippen LogP contribution in [0.4, 0.5) is 0 Å². The first kappa shape index (κ1) is 19.4. The van der Waals surface area contributed by atoms with E-state index in [0.29, 0.717) is 12.1 Å². The van der Waals surface area contributed by atoms with Crippen LogP contribution in [-0.2, 0) is 13.1 Å². The van der Waals surface area contributed by atoms with Gasteiger partial charge in [0.1, 0.15) is 0 Å². The number of nitrogens with one attached hydrogen (secondary N) is 2. The van der Waals surface area contributed by atoms with Gasteiger partial charge in [-0.05, 0) is 43.9 Å². The highest BCUT2D eigenvalue weighted by Crippen LogP contribution is 2.13. The van der Waals surface area contributed by atoms with Crippen molar-refractivity contribution in [3.8, 4) is 0 Å². The van der Waals surface area contributed by atoms with Crippen LogP contribution in [0.3, 0.4) is 0 Å². The third-order valence-electron chi connectivity index (χ3n) is 5.28. The van der Waals surface area contributed by atoms with Gasteiger partial charge in [-0.3, -0.25) is 9.67 Å². The van der Waals surface area contributed by atoms with Gasteiger partial charge >= 0.3 is 0 Å². The van der Waals surface area contributed by atoms with E-state index in [0.717, 1.165) is 45.0 Å². The molecule has 0 spiro atoms. The summed E-state index contributed by atoms with van der Waals surface area (Å²) in [5.41, 5.74) is 2.54. The Morgan fingerprint density at radius 2 is 1.93 bits per heavy atom. The minimum absolute atomic E-state index is 0.491. The molecule has 1 saturated heterocycles. The monoisotopic (exact) mass is 368 g/mol. The zero-order chi connectivity index (χ0) is 19.1. The van der Waals surface area contributed by atoms with Crippen LogP contribution < -0.4 is 10.6 Å². The fraction of sp³-hybridized carbons (Fsp3) is 0.524. The van der Waals surface area contributed by atoms with Crippen molar-refractivity contribution in [3.05, 3.63) is 53.9 Å². The van der Waals surface area contributed by atoms with Crippen molar-refractivity contribution in [2.75, 3.05) is 20.1 Å². The molecule has 2 heterocycles. The molecule has 146 valence electrons. The lowest BCUT2D eigenvalue weighted by molar-refractivity contribution is 0.167. The van der Waals surface area contributed by atoms with Crippen molar-refractivity contribution < 1.29 is 0 Å². The van der Waals surface area contributed by atoms with Gasteiger partial charge in [-0.2, -0.15) is 5.10 Å². The maximum absolute atomic E-state index is 4.42. The number of nitrogens with zero attached hydrogens (tertiary/aromatic N) is 4. The van der Waals surface area contributed by atoms with Crippen LogP contribution in [0.25, 0.3) is 0 Å². The van der Waals surface area contributed by atoms with E-state index in [4.69, 9.17) is 0 Å². The number of hydrogen-bond donors (Lipinski definition) is 2. The van der Waals surface area contributed by atoms with Crippen LogP contribution in [-0.4, -0.2) is 52.9 Å². The molecule has 0 atom stereocenters. The van der Waals surface area contributed by atoms with Crippen molar-refractivity contribution in [3.63, 3.8) is 0 Å². The third-order valence-corrected chi connectivity index (χ3v) is 5.28. The number of aliphatic imine (C=N–C) groups is 1. The van der Waals surface area contributed by atoms with E-state index in [1.165, 1.54) is 11.1 Å². The van der Waals surface area contributed by atoms with Crippen molar-refractivity contribution >= 4 is 5.96 Å². The van der Waals surface area contributed by atoms with Gasteiger partial charge in [-0.15, -0.1) is 0 Å². The first-order chi connectivity index (χ1) is 13.2. The molecule has 0 bridgehead atoms. The molecule has 6 heteroatoms. The van der Waals surface area contributed by atoms with Gasteiger partial charge in [0, 0.05) is 51.2 Å². The molecular formula is C21H32N6. The van der Waals surface area contributed by atoms with E-state index in [1.54, 1.807) is 0 Å².